The van der Waals surface area contributed by atoms with Crippen LogP contribution in [-0.4, -0.2) is 52.3 Å². The van der Waals surface area contributed by atoms with Crippen molar-refractivity contribution in [3.63, 3.8) is 0 Å². The van der Waals surface area contributed by atoms with E-state index >= 15 is 0 Å². The Morgan fingerprint density at radius 1 is 0.949 bits per heavy atom. The van der Waals surface area contributed by atoms with Crippen LogP contribution in [0.4, 0.5) is 5.69 Å². The molecule has 0 saturated heterocycles. The first kappa shape index (κ1) is 23.8. The summed E-state index contributed by atoms with van der Waals surface area (Å²) in [6.07, 6.45) is 0.337. The molecule has 1 N–H and O–H groups in total. The number of anilines is 1. The molecule has 3 aromatic carbocycles. The summed E-state index contributed by atoms with van der Waals surface area (Å²) in [5, 5.41) is 3.40. The zero-order valence-electron chi connectivity index (χ0n) is 21.9. The minimum atomic E-state index is -0.492. The molecule has 2 atom stereocenters. The van der Waals surface area contributed by atoms with Gasteiger partial charge in [0.15, 0.2) is 23.0 Å². The molecule has 0 spiro atoms. The quantitative estimate of drug-likeness (QED) is 0.465. The van der Waals surface area contributed by atoms with E-state index in [1.54, 1.807) is 14.2 Å². The average molecular weight is 533 g/mol. The van der Waals surface area contributed by atoms with Gasteiger partial charge in [0, 0.05) is 35.5 Å². The van der Waals surface area contributed by atoms with E-state index in [9.17, 15) is 4.79 Å². The molecule has 4 aliphatic rings. The summed E-state index contributed by atoms with van der Waals surface area (Å²) < 4.78 is 39.9. The van der Waals surface area contributed by atoms with Gasteiger partial charge in [-0.2, -0.15) is 0 Å². The number of likely N-dealkylation sites (N-methyl/N-ethyl adjacent to an activating group) is 1. The number of nitrogens with one attached hydrogen (secondary N) is 1. The molecular weight excluding hydrogens is 504 g/mol. The van der Waals surface area contributed by atoms with Crippen molar-refractivity contribution in [1.82, 2.24) is 4.90 Å². The highest BCUT2D eigenvalue weighted by Gasteiger charge is 2.44. The molecule has 2 unspecified atom stereocenters. The van der Waals surface area contributed by atoms with Crippen molar-refractivity contribution < 1.29 is 38.0 Å². The number of carbonyl (C=O) groups is 1. The van der Waals surface area contributed by atoms with Crippen molar-refractivity contribution in [3.05, 3.63) is 64.2 Å². The number of rotatable bonds is 6. The average Bonchev–Trinajstić information content (AvgIpc) is 3.69. The third-order valence-electron chi connectivity index (χ3n) is 7.82. The molecule has 0 amide bonds. The molecule has 0 aromatic heterocycles. The summed E-state index contributed by atoms with van der Waals surface area (Å²) in [6, 6.07) is 11.4. The van der Waals surface area contributed by atoms with Gasteiger partial charge in [-0.3, -0.25) is 4.90 Å². The Kier molecular flexibility index (Phi) is 5.59. The minimum Gasteiger partial charge on any atom is -0.492 e. The zero-order chi connectivity index (χ0) is 26.7. The van der Waals surface area contributed by atoms with E-state index < -0.39 is 6.10 Å². The molecule has 10 heteroatoms. The zero-order valence-corrected chi connectivity index (χ0v) is 21.9. The number of methoxy groups -OCH3 is 2. The van der Waals surface area contributed by atoms with E-state index in [0.717, 1.165) is 40.9 Å². The van der Waals surface area contributed by atoms with Crippen molar-refractivity contribution in [3.8, 4) is 34.5 Å². The highest BCUT2D eigenvalue weighted by Crippen LogP contribution is 2.54. The maximum Gasteiger partial charge on any atom is 0.339 e. The van der Waals surface area contributed by atoms with Crippen LogP contribution in [0.5, 0.6) is 34.5 Å². The molecule has 0 radical (unpaired) electrons. The van der Waals surface area contributed by atoms with E-state index in [0.29, 0.717) is 46.6 Å². The van der Waals surface area contributed by atoms with Crippen molar-refractivity contribution in [2.24, 2.45) is 0 Å². The van der Waals surface area contributed by atoms with Gasteiger partial charge in [-0.15, -0.1) is 0 Å². The molecule has 4 heterocycles. The van der Waals surface area contributed by atoms with Crippen LogP contribution in [0.15, 0.2) is 36.4 Å². The Morgan fingerprint density at radius 2 is 1.72 bits per heavy atom. The van der Waals surface area contributed by atoms with Gasteiger partial charge in [0.1, 0.15) is 6.10 Å². The second kappa shape index (κ2) is 9.16. The number of hydrogen-bond donors (Lipinski definition) is 1. The number of carbonyl (C=O) groups excluding carboxylic acids is 1. The molecule has 0 bridgehead atoms. The monoisotopic (exact) mass is 532 g/mol. The smallest absolute Gasteiger partial charge is 0.339 e. The predicted octanol–water partition coefficient (Wildman–Crippen LogP) is 4.21. The van der Waals surface area contributed by atoms with E-state index in [-0.39, 0.29) is 25.6 Å². The lowest BCUT2D eigenvalue weighted by atomic mass is 9.85. The van der Waals surface area contributed by atoms with Crippen LogP contribution >= 0.6 is 0 Å². The van der Waals surface area contributed by atoms with Crippen molar-refractivity contribution in [2.75, 3.05) is 46.7 Å². The maximum absolute atomic E-state index is 13.1. The second-order valence-electron chi connectivity index (χ2n) is 9.87. The van der Waals surface area contributed by atoms with Crippen LogP contribution in [0, 0.1) is 0 Å². The molecule has 202 valence electrons. The topological polar surface area (TPSA) is 97.0 Å². The van der Waals surface area contributed by atoms with Gasteiger partial charge < -0.3 is 38.5 Å². The lowest BCUT2D eigenvalue weighted by Gasteiger charge is -2.38. The maximum atomic E-state index is 13.1. The normalized spacial score (nSPS) is 20.3. The van der Waals surface area contributed by atoms with E-state index in [1.807, 2.05) is 43.4 Å². The number of ether oxygens (including phenoxy) is 7. The minimum absolute atomic E-state index is 0.157. The number of cyclic esters (lactones) is 1. The summed E-state index contributed by atoms with van der Waals surface area (Å²) in [6.45, 7) is 1.61. The SMILES string of the molecule is COc1c(CNc2ccc3c(c2)C(=O)OC3C2c3c(cc4c(c3OC)OCO4)CCN2C)ccc2c1OCO2. The van der Waals surface area contributed by atoms with Crippen LogP contribution in [-0.2, 0) is 17.7 Å². The molecule has 0 aliphatic carbocycles. The van der Waals surface area contributed by atoms with Gasteiger partial charge in [-0.05, 0) is 49.4 Å². The first-order valence-electron chi connectivity index (χ1n) is 12.8. The molecule has 0 saturated carbocycles. The Hall–Kier alpha value is -4.31. The van der Waals surface area contributed by atoms with E-state index in [2.05, 4.69) is 10.2 Å². The molecule has 39 heavy (non-hydrogen) atoms. The lowest BCUT2D eigenvalue weighted by Crippen LogP contribution is -2.36. The number of benzene rings is 3. The lowest BCUT2D eigenvalue weighted by molar-refractivity contribution is 0.00881. The Morgan fingerprint density at radius 3 is 2.51 bits per heavy atom. The Balaban J connectivity index is 1.19. The fourth-order valence-corrected chi connectivity index (χ4v) is 5.97. The molecule has 7 rings (SSSR count). The van der Waals surface area contributed by atoms with Gasteiger partial charge in [-0.1, -0.05) is 6.07 Å². The van der Waals surface area contributed by atoms with Gasteiger partial charge >= 0.3 is 5.97 Å². The van der Waals surface area contributed by atoms with E-state index in [4.69, 9.17) is 33.2 Å². The largest absolute Gasteiger partial charge is 0.492 e. The highest BCUT2D eigenvalue weighted by molar-refractivity contribution is 5.95. The number of fused-ring (bicyclic) bond motifs is 4. The molecular formula is C29H28N2O8. The second-order valence-corrected chi connectivity index (χ2v) is 9.87. The summed E-state index contributed by atoms with van der Waals surface area (Å²) >= 11 is 0. The highest BCUT2D eigenvalue weighted by atomic mass is 16.7. The van der Waals surface area contributed by atoms with Crippen LogP contribution in [0.3, 0.4) is 0 Å². The van der Waals surface area contributed by atoms with Crippen LogP contribution < -0.4 is 33.7 Å². The molecule has 10 nitrogen and oxygen atoms in total. The van der Waals surface area contributed by atoms with Gasteiger partial charge in [-0.25, -0.2) is 4.79 Å². The summed E-state index contributed by atoms with van der Waals surface area (Å²) in [5.74, 6) is 3.47. The first-order valence-corrected chi connectivity index (χ1v) is 12.8. The van der Waals surface area contributed by atoms with Crippen LogP contribution in [0.1, 0.15) is 44.8 Å². The number of hydrogen-bond acceptors (Lipinski definition) is 10. The molecule has 3 aromatic rings. The van der Waals surface area contributed by atoms with Crippen molar-refractivity contribution in [2.45, 2.75) is 25.1 Å². The third-order valence-corrected chi connectivity index (χ3v) is 7.82. The predicted molar refractivity (Wildman–Crippen MR) is 139 cm³/mol. The molecule has 4 aliphatic heterocycles. The van der Waals surface area contributed by atoms with Gasteiger partial charge in [0.05, 0.1) is 25.8 Å². The Labute approximate surface area is 225 Å². The summed E-state index contributed by atoms with van der Waals surface area (Å²) in [4.78, 5) is 15.3. The van der Waals surface area contributed by atoms with Crippen LogP contribution in [0.25, 0.3) is 0 Å². The first-order chi connectivity index (χ1) is 19.1. The molecule has 0 fully saturated rings. The van der Waals surface area contributed by atoms with Gasteiger partial charge in [0.2, 0.25) is 25.1 Å². The fourth-order valence-electron chi connectivity index (χ4n) is 5.97. The Bertz CT molecular complexity index is 1490. The van der Waals surface area contributed by atoms with E-state index in [1.165, 1.54) is 0 Å². The van der Waals surface area contributed by atoms with Crippen molar-refractivity contribution >= 4 is 11.7 Å². The third kappa shape index (κ3) is 3.69. The fraction of sp³-hybridized carbons (Fsp3) is 0.345. The number of nitrogens with zero attached hydrogens (tertiary/aromatic N) is 1. The van der Waals surface area contributed by atoms with Crippen LogP contribution in [0.2, 0.25) is 0 Å². The standard InChI is InChI=1S/C29H28N2O8/c1-31-9-8-15-10-21-27(38-14-36-21)28(34-3)22(15)23(31)25-18-6-5-17(11-19(18)29(32)39-25)30-12-16-4-7-20-26(24(16)33-2)37-13-35-20/h4-7,10-11,23,25,30H,8-9,12-14H2,1-3H3. The number of esters is 1. The van der Waals surface area contributed by atoms with Gasteiger partial charge in [0.25, 0.3) is 0 Å². The summed E-state index contributed by atoms with van der Waals surface area (Å²) in [7, 11) is 5.28. The van der Waals surface area contributed by atoms with Crippen molar-refractivity contribution in [1.29, 1.82) is 0 Å². The summed E-state index contributed by atoms with van der Waals surface area (Å²) in [5.41, 5.74) is 5.18.